The quantitative estimate of drug-likeness (QED) is 0.630. The lowest BCUT2D eigenvalue weighted by Crippen LogP contribution is -2.32. The highest BCUT2D eigenvalue weighted by Crippen LogP contribution is 2.12. The Morgan fingerprint density at radius 2 is 1.61 bits per heavy atom. The van der Waals surface area contributed by atoms with Gasteiger partial charge >= 0.3 is 6.03 Å². The third-order valence-electron chi connectivity index (χ3n) is 2.11. The predicted octanol–water partition coefficient (Wildman–Crippen LogP) is 1.11. The summed E-state index contributed by atoms with van der Waals surface area (Å²) in [6.07, 6.45) is 0. The lowest BCUT2D eigenvalue weighted by molar-refractivity contribution is -0.115. The second kappa shape index (κ2) is 6.61. The minimum Gasteiger partial charge on any atom is -0.351 e. The molecule has 0 spiro atoms. The monoisotopic (exact) mass is 250 g/mol. The number of hydrogen-bond acceptors (Lipinski definition) is 3. The van der Waals surface area contributed by atoms with Crippen LogP contribution in [0.4, 0.5) is 16.2 Å². The van der Waals surface area contributed by atoms with E-state index in [-0.39, 0.29) is 18.5 Å². The molecule has 0 aliphatic rings. The van der Waals surface area contributed by atoms with Crippen LogP contribution in [0.1, 0.15) is 13.8 Å². The largest absolute Gasteiger partial charge is 0.351 e. The summed E-state index contributed by atoms with van der Waals surface area (Å²) in [5, 5.41) is 8.19. The molecule has 0 unspecified atom stereocenters. The topological polar surface area (TPSA) is 96.2 Å². The highest BCUT2D eigenvalue weighted by molar-refractivity contribution is 5.93. The second-order valence-electron chi connectivity index (χ2n) is 4.15. The molecule has 0 aliphatic heterocycles. The van der Waals surface area contributed by atoms with Crippen molar-refractivity contribution in [3.63, 3.8) is 0 Å². The van der Waals surface area contributed by atoms with Gasteiger partial charge in [-0.1, -0.05) is 13.8 Å². The van der Waals surface area contributed by atoms with Crippen LogP contribution in [-0.2, 0) is 4.79 Å². The SMILES string of the molecule is CC(C)NCC(=O)Nc1ccc(NC(N)=O)cc1. The Balaban J connectivity index is 2.48. The first-order valence-electron chi connectivity index (χ1n) is 5.67. The van der Waals surface area contributed by atoms with Crippen LogP contribution in [-0.4, -0.2) is 24.5 Å². The van der Waals surface area contributed by atoms with Crippen LogP contribution in [0.2, 0.25) is 0 Å². The third-order valence-corrected chi connectivity index (χ3v) is 2.11. The maximum Gasteiger partial charge on any atom is 0.316 e. The van der Waals surface area contributed by atoms with Gasteiger partial charge in [-0.25, -0.2) is 4.79 Å². The third kappa shape index (κ3) is 5.31. The van der Waals surface area contributed by atoms with E-state index in [2.05, 4.69) is 16.0 Å². The summed E-state index contributed by atoms with van der Waals surface area (Å²) in [4.78, 5) is 22.1. The smallest absolute Gasteiger partial charge is 0.316 e. The van der Waals surface area contributed by atoms with Crippen molar-refractivity contribution in [1.82, 2.24) is 5.32 Å². The summed E-state index contributed by atoms with van der Waals surface area (Å²) in [6.45, 7) is 4.20. The van der Waals surface area contributed by atoms with E-state index in [1.54, 1.807) is 24.3 Å². The fraction of sp³-hybridized carbons (Fsp3) is 0.333. The van der Waals surface area contributed by atoms with Crippen molar-refractivity contribution in [3.05, 3.63) is 24.3 Å². The first-order chi connectivity index (χ1) is 8.47. The van der Waals surface area contributed by atoms with E-state index in [1.807, 2.05) is 13.8 Å². The molecule has 1 aromatic rings. The molecule has 1 aromatic carbocycles. The van der Waals surface area contributed by atoms with Gasteiger partial charge in [0.25, 0.3) is 0 Å². The van der Waals surface area contributed by atoms with Crippen LogP contribution < -0.4 is 21.7 Å². The molecule has 6 nitrogen and oxygen atoms in total. The Kier molecular flexibility index (Phi) is 5.13. The number of carbonyl (C=O) groups excluding carboxylic acids is 2. The molecule has 0 bridgehead atoms. The summed E-state index contributed by atoms with van der Waals surface area (Å²) in [5.41, 5.74) is 6.23. The first-order valence-corrected chi connectivity index (χ1v) is 5.67. The minimum absolute atomic E-state index is 0.112. The van der Waals surface area contributed by atoms with Crippen molar-refractivity contribution in [1.29, 1.82) is 0 Å². The maximum absolute atomic E-state index is 11.5. The van der Waals surface area contributed by atoms with Gasteiger partial charge in [-0.15, -0.1) is 0 Å². The molecule has 6 heteroatoms. The lowest BCUT2D eigenvalue weighted by atomic mass is 10.2. The van der Waals surface area contributed by atoms with Crippen LogP contribution in [0.3, 0.4) is 0 Å². The molecule has 0 saturated heterocycles. The number of carbonyl (C=O) groups is 2. The number of nitrogens with one attached hydrogen (secondary N) is 3. The van der Waals surface area contributed by atoms with Crippen molar-refractivity contribution >= 4 is 23.3 Å². The van der Waals surface area contributed by atoms with Crippen LogP contribution in [0.5, 0.6) is 0 Å². The van der Waals surface area contributed by atoms with Gasteiger partial charge in [0.05, 0.1) is 6.54 Å². The lowest BCUT2D eigenvalue weighted by Gasteiger charge is -2.09. The number of amides is 3. The van der Waals surface area contributed by atoms with Gasteiger partial charge in [0.2, 0.25) is 5.91 Å². The number of nitrogens with two attached hydrogens (primary N) is 1. The van der Waals surface area contributed by atoms with Crippen LogP contribution in [0.15, 0.2) is 24.3 Å². The van der Waals surface area contributed by atoms with Gasteiger partial charge in [-0.3, -0.25) is 4.79 Å². The van der Waals surface area contributed by atoms with E-state index in [1.165, 1.54) is 0 Å². The molecule has 5 N–H and O–H groups in total. The maximum atomic E-state index is 11.5. The molecule has 0 fully saturated rings. The standard InChI is InChI=1S/C12H18N4O2/c1-8(2)14-7-11(17)15-9-3-5-10(6-4-9)16-12(13)18/h3-6,8,14H,7H2,1-2H3,(H,15,17)(H3,13,16,18). The molecule has 0 saturated carbocycles. The average molecular weight is 250 g/mol. The predicted molar refractivity (Wildman–Crippen MR) is 71.4 cm³/mol. The van der Waals surface area contributed by atoms with E-state index in [4.69, 9.17) is 5.73 Å². The normalized spacial score (nSPS) is 10.2. The first kappa shape index (κ1) is 14.0. The molecular weight excluding hydrogens is 232 g/mol. The zero-order chi connectivity index (χ0) is 13.5. The van der Waals surface area contributed by atoms with Crippen LogP contribution in [0, 0.1) is 0 Å². The van der Waals surface area contributed by atoms with Gasteiger partial charge < -0.3 is 21.7 Å². The van der Waals surface area contributed by atoms with Crippen LogP contribution in [0.25, 0.3) is 0 Å². The van der Waals surface area contributed by atoms with Crippen molar-refractivity contribution in [2.45, 2.75) is 19.9 Å². The molecule has 98 valence electrons. The number of anilines is 2. The van der Waals surface area contributed by atoms with E-state index in [0.29, 0.717) is 11.4 Å². The Labute approximate surface area is 106 Å². The molecule has 0 aliphatic carbocycles. The van der Waals surface area contributed by atoms with Gasteiger partial charge in [0.1, 0.15) is 0 Å². The molecule has 0 atom stereocenters. The number of benzene rings is 1. The number of hydrogen-bond donors (Lipinski definition) is 4. The molecule has 1 rings (SSSR count). The molecule has 0 radical (unpaired) electrons. The van der Waals surface area contributed by atoms with Crippen molar-refractivity contribution < 1.29 is 9.59 Å². The van der Waals surface area contributed by atoms with E-state index < -0.39 is 6.03 Å². The Hall–Kier alpha value is -2.08. The molecule has 18 heavy (non-hydrogen) atoms. The highest BCUT2D eigenvalue weighted by Gasteiger charge is 2.03. The Morgan fingerprint density at radius 1 is 1.11 bits per heavy atom. The minimum atomic E-state index is -0.618. The summed E-state index contributed by atoms with van der Waals surface area (Å²) in [7, 11) is 0. The van der Waals surface area contributed by atoms with Gasteiger partial charge in [0, 0.05) is 17.4 Å². The zero-order valence-electron chi connectivity index (χ0n) is 10.5. The molecule has 0 aromatic heterocycles. The second-order valence-corrected chi connectivity index (χ2v) is 4.15. The van der Waals surface area contributed by atoms with Gasteiger partial charge in [0.15, 0.2) is 0 Å². The zero-order valence-corrected chi connectivity index (χ0v) is 10.5. The van der Waals surface area contributed by atoms with Gasteiger partial charge in [-0.2, -0.15) is 0 Å². The van der Waals surface area contributed by atoms with Crippen LogP contribution >= 0.6 is 0 Å². The number of primary amides is 1. The Morgan fingerprint density at radius 3 is 2.06 bits per heavy atom. The fourth-order valence-corrected chi connectivity index (χ4v) is 1.28. The average Bonchev–Trinajstić information content (AvgIpc) is 2.28. The summed E-state index contributed by atoms with van der Waals surface area (Å²) in [6, 6.07) is 6.36. The number of rotatable bonds is 5. The number of urea groups is 1. The van der Waals surface area contributed by atoms with Crippen molar-refractivity contribution in [2.75, 3.05) is 17.2 Å². The van der Waals surface area contributed by atoms with Crippen molar-refractivity contribution in [2.24, 2.45) is 5.73 Å². The fourth-order valence-electron chi connectivity index (χ4n) is 1.28. The van der Waals surface area contributed by atoms with Crippen molar-refractivity contribution in [3.8, 4) is 0 Å². The van der Waals surface area contributed by atoms with Gasteiger partial charge in [-0.05, 0) is 24.3 Å². The molecular formula is C12H18N4O2. The molecule has 3 amide bonds. The van der Waals surface area contributed by atoms with E-state index >= 15 is 0 Å². The Bertz CT molecular complexity index is 415. The highest BCUT2D eigenvalue weighted by atomic mass is 16.2. The van der Waals surface area contributed by atoms with E-state index in [9.17, 15) is 9.59 Å². The van der Waals surface area contributed by atoms with E-state index in [0.717, 1.165) is 0 Å². The summed E-state index contributed by atoms with van der Waals surface area (Å²) < 4.78 is 0. The molecule has 0 heterocycles. The summed E-state index contributed by atoms with van der Waals surface area (Å²) in [5.74, 6) is -0.112. The summed E-state index contributed by atoms with van der Waals surface area (Å²) >= 11 is 0.